The van der Waals surface area contributed by atoms with E-state index in [0.29, 0.717) is 19.1 Å². The van der Waals surface area contributed by atoms with E-state index >= 15 is 0 Å². The summed E-state index contributed by atoms with van der Waals surface area (Å²) in [6, 6.07) is 1.32. The second kappa shape index (κ2) is 10.5. The van der Waals surface area contributed by atoms with E-state index in [1.54, 1.807) is 0 Å². The average molecular weight is 356 g/mol. The first-order chi connectivity index (χ1) is 11.7. The lowest BCUT2D eigenvalue weighted by Gasteiger charge is -2.25. The van der Waals surface area contributed by atoms with E-state index in [1.807, 2.05) is 27.7 Å². The number of ether oxygens (including phenoxy) is 1. The molecule has 0 radical (unpaired) electrons. The Labute approximate surface area is 153 Å². The Bertz CT molecular complexity index is 426. The summed E-state index contributed by atoms with van der Waals surface area (Å²) in [5.74, 6) is 0.785. The lowest BCUT2D eigenvalue weighted by molar-refractivity contribution is 0.0529. The van der Waals surface area contributed by atoms with E-state index in [9.17, 15) is 4.79 Å². The van der Waals surface area contributed by atoms with Gasteiger partial charge in [-0.2, -0.15) is 0 Å². The Kier molecular flexibility index (Phi) is 9.03. The van der Waals surface area contributed by atoms with E-state index in [0.717, 1.165) is 31.6 Å². The van der Waals surface area contributed by atoms with Crippen LogP contribution in [0, 0.1) is 0 Å². The van der Waals surface area contributed by atoms with Gasteiger partial charge in [-0.1, -0.05) is 0 Å². The molecule has 0 atom stereocenters. The molecule has 1 fully saturated rings. The highest BCUT2D eigenvalue weighted by atomic mass is 16.6. The third-order valence-corrected chi connectivity index (χ3v) is 3.74. The average Bonchev–Trinajstić information content (AvgIpc) is 3.30. The number of amides is 1. The van der Waals surface area contributed by atoms with Crippen molar-refractivity contribution in [1.82, 2.24) is 20.9 Å². The zero-order valence-electron chi connectivity index (χ0n) is 16.8. The van der Waals surface area contributed by atoms with Gasteiger partial charge in [0.15, 0.2) is 5.96 Å². The Morgan fingerprint density at radius 3 is 2.36 bits per heavy atom. The van der Waals surface area contributed by atoms with Gasteiger partial charge in [-0.25, -0.2) is 4.79 Å². The highest BCUT2D eigenvalue weighted by Gasteiger charge is 2.29. The first-order valence-corrected chi connectivity index (χ1v) is 9.47. The second-order valence-electron chi connectivity index (χ2n) is 7.68. The number of guanidine groups is 1. The van der Waals surface area contributed by atoms with Crippen LogP contribution in [0.25, 0.3) is 0 Å². The lowest BCUT2D eigenvalue weighted by atomic mass is 10.2. The van der Waals surface area contributed by atoms with Gasteiger partial charge in [0.1, 0.15) is 5.60 Å². The quantitative estimate of drug-likeness (QED) is 0.335. The van der Waals surface area contributed by atoms with Crippen LogP contribution in [-0.2, 0) is 4.74 Å². The SMILES string of the molecule is CCNC(=NCCN(C(C)C)C1CC1)NCCNC(=O)OC(C)(C)C. The third-order valence-electron chi connectivity index (χ3n) is 3.74. The van der Waals surface area contributed by atoms with E-state index in [1.165, 1.54) is 12.8 Å². The first-order valence-electron chi connectivity index (χ1n) is 9.47. The number of rotatable bonds is 9. The Morgan fingerprint density at radius 2 is 1.84 bits per heavy atom. The van der Waals surface area contributed by atoms with Crippen LogP contribution in [0.4, 0.5) is 4.79 Å². The maximum absolute atomic E-state index is 11.6. The molecule has 1 amide bonds. The molecular weight excluding hydrogens is 318 g/mol. The maximum Gasteiger partial charge on any atom is 0.407 e. The minimum atomic E-state index is -0.474. The molecule has 146 valence electrons. The molecule has 0 heterocycles. The molecule has 0 aromatic heterocycles. The van der Waals surface area contributed by atoms with Crippen LogP contribution in [0.15, 0.2) is 4.99 Å². The molecule has 1 saturated carbocycles. The smallest absolute Gasteiger partial charge is 0.407 e. The molecule has 1 aliphatic rings. The molecule has 7 heteroatoms. The third kappa shape index (κ3) is 10.2. The number of carbonyl (C=O) groups is 1. The van der Waals surface area contributed by atoms with E-state index in [-0.39, 0.29) is 0 Å². The van der Waals surface area contributed by atoms with E-state index in [4.69, 9.17) is 4.74 Å². The van der Waals surface area contributed by atoms with Crippen molar-refractivity contribution in [2.75, 3.05) is 32.7 Å². The predicted molar refractivity (Wildman–Crippen MR) is 103 cm³/mol. The molecule has 1 aliphatic carbocycles. The van der Waals surface area contributed by atoms with Gasteiger partial charge in [-0.3, -0.25) is 9.89 Å². The fourth-order valence-electron chi connectivity index (χ4n) is 2.55. The first kappa shape index (κ1) is 21.5. The standard InChI is InChI=1S/C18H37N5O2/c1-7-19-16(20-10-11-22-17(24)25-18(4,5)6)21-12-13-23(14(2)3)15-8-9-15/h14-15H,7-13H2,1-6H3,(H,22,24)(H2,19,20,21). The summed E-state index contributed by atoms with van der Waals surface area (Å²) in [5.41, 5.74) is -0.474. The number of carbonyl (C=O) groups excluding carboxylic acids is 1. The number of hydrogen-bond donors (Lipinski definition) is 3. The Morgan fingerprint density at radius 1 is 1.20 bits per heavy atom. The van der Waals surface area contributed by atoms with E-state index < -0.39 is 11.7 Å². The van der Waals surface area contributed by atoms with Crippen molar-refractivity contribution < 1.29 is 9.53 Å². The van der Waals surface area contributed by atoms with Crippen LogP contribution in [0.5, 0.6) is 0 Å². The number of nitrogens with one attached hydrogen (secondary N) is 3. The van der Waals surface area contributed by atoms with Crippen LogP contribution in [-0.4, -0.2) is 67.4 Å². The Balaban J connectivity index is 2.29. The summed E-state index contributed by atoms with van der Waals surface area (Å²) >= 11 is 0. The fourth-order valence-corrected chi connectivity index (χ4v) is 2.55. The van der Waals surface area contributed by atoms with Gasteiger partial charge in [-0.05, 0) is 54.4 Å². The molecule has 0 aromatic carbocycles. The minimum Gasteiger partial charge on any atom is -0.444 e. The van der Waals surface area contributed by atoms with Crippen molar-refractivity contribution in [1.29, 1.82) is 0 Å². The maximum atomic E-state index is 11.6. The molecule has 3 N–H and O–H groups in total. The monoisotopic (exact) mass is 355 g/mol. The largest absolute Gasteiger partial charge is 0.444 e. The molecule has 0 unspecified atom stereocenters. The van der Waals surface area contributed by atoms with Gasteiger partial charge >= 0.3 is 6.09 Å². The summed E-state index contributed by atoms with van der Waals surface area (Å²) in [5, 5.41) is 9.20. The predicted octanol–water partition coefficient (Wildman–Crippen LogP) is 1.94. The van der Waals surface area contributed by atoms with Crippen molar-refractivity contribution in [3.63, 3.8) is 0 Å². The van der Waals surface area contributed by atoms with Crippen LogP contribution >= 0.6 is 0 Å². The summed E-state index contributed by atoms with van der Waals surface area (Å²) in [7, 11) is 0. The van der Waals surface area contributed by atoms with Gasteiger partial charge in [0.2, 0.25) is 0 Å². The second-order valence-corrected chi connectivity index (χ2v) is 7.68. The van der Waals surface area contributed by atoms with Gasteiger partial charge < -0.3 is 20.7 Å². The summed E-state index contributed by atoms with van der Waals surface area (Å²) < 4.78 is 5.20. The van der Waals surface area contributed by atoms with Gasteiger partial charge in [-0.15, -0.1) is 0 Å². The van der Waals surface area contributed by atoms with Gasteiger partial charge in [0.25, 0.3) is 0 Å². The highest BCUT2D eigenvalue weighted by Crippen LogP contribution is 2.28. The van der Waals surface area contributed by atoms with Gasteiger partial charge in [0.05, 0.1) is 6.54 Å². The molecule has 1 rings (SSSR count). The van der Waals surface area contributed by atoms with E-state index in [2.05, 4.69) is 39.7 Å². The zero-order chi connectivity index (χ0) is 18.9. The number of nitrogens with zero attached hydrogens (tertiary/aromatic N) is 2. The highest BCUT2D eigenvalue weighted by molar-refractivity contribution is 5.79. The van der Waals surface area contributed by atoms with Crippen LogP contribution in [0.1, 0.15) is 54.4 Å². The number of hydrogen-bond acceptors (Lipinski definition) is 4. The molecule has 0 bridgehead atoms. The topological polar surface area (TPSA) is 78.0 Å². The molecule has 0 aromatic rings. The zero-order valence-corrected chi connectivity index (χ0v) is 16.8. The fraction of sp³-hybridized carbons (Fsp3) is 0.889. The summed E-state index contributed by atoms with van der Waals surface area (Å²) in [4.78, 5) is 18.8. The molecule has 0 spiro atoms. The van der Waals surface area contributed by atoms with Crippen molar-refractivity contribution in [2.24, 2.45) is 4.99 Å². The van der Waals surface area contributed by atoms with Crippen molar-refractivity contribution >= 4 is 12.1 Å². The minimum absolute atomic E-state index is 0.395. The van der Waals surface area contributed by atoms with Crippen molar-refractivity contribution in [2.45, 2.75) is 72.1 Å². The van der Waals surface area contributed by atoms with Crippen molar-refractivity contribution in [3.05, 3.63) is 0 Å². The molecule has 0 saturated heterocycles. The molecular formula is C18H37N5O2. The number of alkyl carbamates (subject to hydrolysis) is 1. The molecule has 7 nitrogen and oxygen atoms in total. The Hall–Kier alpha value is -1.50. The van der Waals surface area contributed by atoms with Crippen molar-refractivity contribution in [3.8, 4) is 0 Å². The number of aliphatic imine (C=N–C) groups is 1. The van der Waals surface area contributed by atoms with Crippen LogP contribution in [0.3, 0.4) is 0 Å². The summed E-state index contributed by atoms with van der Waals surface area (Å²) in [6.45, 7) is 15.7. The van der Waals surface area contributed by atoms with Crippen LogP contribution < -0.4 is 16.0 Å². The lowest BCUT2D eigenvalue weighted by Crippen LogP contribution is -2.43. The molecule has 0 aliphatic heterocycles. The van der Waals surface area contributed by atoms with Gasteiger partial charge in [0, 0.05) is 38.3 Å². The van der Waals surface area contributed by atoms with Crippen LogP contribution in [0.2, 0.25) is 0 Å². The molecule has 25 heavy (non-hydrogen) atoms. The normalized spacial score (nSPS) is 15.4. The summed E-state index contributed by atoms with van der Waals surface area (Å²) in [6.07, 6.45) is 2.24.